The van der Waals surface area contributed by atoms with Crippen molar-refractivity contribution in [2.24, 2.45) is 12.0 Å². The average Bonchev–Trinajstić information content (AvgIpc) is 3.28. The van der Waals surface area contributed by atoms with Crippen LogP contribution in [0.5, 0.6) is 5.75 Å². The van der Waals surface area contributed by atoms with Crippen molar-refractivity contribution in [1.82, 2.24) is 14.9 Å². The van der Waals surface area contributed by atoms with E-state index in [1.165, 1.54) is 11.8 Å². The smallest absolute Gasteiger partial charge is 0.264 e. The summed E-state index contributed by atoms with van der Waals surface area (Å²) in [6.45, 7) is 2.40. The predicted octanol–water partition coefficient (Wildman–Crippen LogP) is 4.20. The Morgan fingerprint density at radius 2 is 2.00 bits per heavy atom. The Kier molecular flexibility index (Phi) is 5.48. The molecular formula is C22H20N4O2S. The minimum Gasteiger partial charge on any atom is -0.486 e. The molecule has 1 aromatic heterocycles. The van der Waals surface area contributed by atoms with Crippen molar-refractivity contribution in [3.05, 3.63) is 82.8 Å². The molecule has 4 rings (SSSR count). The number of hydrogen-bond acceptors (Lipinski definition) is 5. The molecule has 0 aliphatic carbocycles. The zero-order chi connectivity index (χ0) is 20.2. The number of thioether (sulfide) groups is 1. The number of carbonyl (C=O) groups excluding carboxylic acids is 1. The summed E-state index contributed by atoms with van der Waals surface area (Å²) in [5.74, 6) is 1.47. The molecule has 0 radical (unpaired) electrons. The van der Waals surface area contributed by atoms with Crippen molar-refractivity contribution >= 4 is 34.6 Å². The van der Waals surface area contributed by atoms with E-state index in [1.807, 2.05) is 79.3 Å². The second kappa shape index (κ2) is 8.36. The van der Waals surface area contributed by atoms with Gasteiger partial charge in [-0.1, -0.05) is 30.3 Å². The molecule has 6 nitrogen and oxygen atoms in total. The summed E-state index contributed by atoms with van der Waals surface area (Å²) in [6.07, 6.45) is 5.48. The van der Waals surface area contributed by atoms with Crippen molar-refractivity contribution in [2.75, 3.05) is 0 Å². The van der Waals surface area contributed by atoms with Crippen LogP contribution in [0.15, 0.2) is 70.8 Å². The second-order valence-electron chi connectivity index (χ2n) is 6.58. The summed E-state index contributed by atoms with van der Waals surface area (Å²) in [5.41, 5.74) is 2.84. The number of imidazole rings is 1. The molecule has 29 heavy (non-hydrogen) atoms. The number of nitrogens with zero attached hydrogens (tertiary/aromatic N) is 3. The van der Waals surface area contributed by atoms with E-state index in [-0.39, 0.29) is 5.91 Å². The maximum Gasteiger partial charge on any atom is 0.264 e. The van der Waals surface area contributed by atoms with Crippen molar-refractivity contribution < 1.29 is 9.53 Å². The SMILES string of the molecule is Cc1ccccc1N=C1NC(=O)/C(=C/c2ccc(OCc3nccn3C)cc2)S1. The van der Waals surface area contributed by atoms with Gasteiger partial charge in [-0.25, -0.2) is 9.98 Å². The van der Waals surface area contributed by atoms with Crippen LogP contribution in [-0.2, 0) is 18.4 Å². The summed E-state index contributed by atoms with van der Waals surface area (Å²) in [7, 11) is 1.93. The van der Waals surface area contributed by atoms with Gasteiger partial charge in [-0.05, 0) is 54.1 Å². The van der Waals surface area contributed by atoms with Crippen molar-refractivity contribution in [3.63, 3.8) is 0 Å². The number of amides is 1. The molecule has 0 bridgehead atoms. The Morgan fingerprint density at radius 1 is 1.21 bits per heavy atom. The molecule has 2 aromatic carbocycles. The lowest BCUT2D eigenvalue weighted by Gasteiger charge is -2.06. The number of hydrogen-bond donors (Lipinski definition) is 1. The number of ether oxygens (including phenoxy) is 1. The molecule has 1 N–H and O–H groups in total. The first-order chi connectivity index (χ1) is 14.1. The molecule has 0 unspecified atom stereocenters. The molecule has 146 valence electrons. The fourth-order valence-corrected chi connectivity index (χ4v) is 3.61. The molecule has 0 saturated carbocycles. The normalized spacial score (nSPS) is 16.4. The van der Waals surface area contributed by atoms with E-state index in [9.17, 15) is 4.79 Å². The molecule has 0 spiro atoms. The maximum absolute atomic E-state index is 12.3. The van der Waals surface area contributed by atoms with Crippen LogP contribution in [0.25, 0.3) is 6.08 Å². The number of amidine groups is 1. The van der Waals surface area contributed by atoms with Crippen LogP contribution >= 0.6 is 11.8 Å². The van der Waals surface area contributed by atoms with Gasteiger partial charge >= 0.3 is 0 Å². The third-order valence-corrected chi connectivity index (χ3v) is 5.36. The Hall–Kier alpha value is -3.32. The molecule has 1 amide bonds. The van der Waals surface area contributed by atoms with E-state index < -0.39 is 0 Å². The molecule has 3 aromatic rings. The summed E-state index contributed by atoms with van der Waals surface area (Å²) >= 11 is 1.34. The number of nitrogens with one attached hydrogen (secondary N) is 1. The highest BCUT2D eigenvalue weighted by molar-refractivity contribution is 8.18. The number of aromatic nitrogens is 2. The molecule has 7 heteroatoms. The lowest BCUT2D eigenvalue weighted by atomic mass is 10.2. The van der Waals surface area contributed by atoms with Gasteiger partial charge in [-0.2, -0.15) is 0 Å². The average molecular weight is 404 g/mol. The number of para-hydroxylation sites is 1. The zero-order valence-electron chi connectivity index (χ0n) is 16.1. The minimum absolute atomic E-state index is 0.141. The van der Waals surface area contributed by atoms with Gasteiger partial charge in [-0.15, -0.1) is 0 Å². The lowest BCUT2D eigenvalue weighted by molar-refractivity contribution is -0.115. The molecular weight excluding hydrogens is 384 g/mol. The standard InChI is InChI=1S/C22H20N4O2S/c1-15-5-3-4-6-18(15)24-22-25-21(27)19(29-22)13-16-7-9-17(10-8-16)28-14-20-23-11-12-26(20)2/h3-13H,14H2,1-2H3,(H,24,25,27)/b19-13-. The predicted molar refractivity (Wildman–Crippen MR) is 116 cm³/mol. The van der Waals surface area contributed by atoms with Crippen molar-refractivity contribution in [1.29, 1.82) is 0 Å². The van der Waals surface area contributed by atoms with Gasteiger partial charge in [-0.3, -0.25) is 4.79 Å². The van der Waals surface area contributed by atoms with E-state index in [2.05, 4.69) is 15.3 Å². The number of aryl methyl sites for hydroxylation is 2. The Morgan fingerprint density at radius 3 is 2.72 bits per heavy atom. The van der Waals surface area contributed by atoms with Gasteiger partial charge in [0.15, 0.2) is 5.17 Å². The number of carbonyl (C=O) groups is 1. The summed E-state index contributed by atoms with van der Waals surface area (Å²) in [5, 5.41) is 3.41. The zero-order valence-corrected chi connectivity index (χ0v) is 16.9. The van der Waals surface area contributed by atoms with Crippen LogP contribution in [0, 0.1) is 6.92 Å². The van der Waals surface area contributed by atoms with E-state index in [1.54, 1.807) is 6.20 Å². The molecule has 2 heterocycles. The van der Waals surface area contributed by atoms with Gasteiger partial charge in [0.1, 0.15) is 18.2 Å². The van der Waals surface area contributed by atoms with Crippen LogP contribution in [-0.4, -0.2) is 20.6 Å². The lowest BCUT2D eigenvalue weighted by Crippen LogP contribution is -2.19. The summed E-state index contributed by atoms with van der Waals surface area (Å²) < 4.78 is 7.69. The highest BCUT2D eigenvalue weighted by Crippen LogP contribution is 2.29. The Labute approximate surface area is 173 Å². The topological polar surface area (TPSA) is 68.5 Å². The van der Waals surface area contributed by atoms with E-state index in [4.69, 9.17) is 4.74 Å². The van der Waals surface area contributed by atoms with E-state index >= 15 is 0 Å². The largest absolute Gasteiger partial charge is 0.486 e. The van der Waals surface area contributed by atoms with Crippen molar-refractivity contribution in [3.8, 4) is 5.75 Å². The molecule has 1 aliphatic rings. The first-order valence-corrected chi connectivity index (χ1v) is 9.94. The fourth-order valence-electron chi connectivity index (χ4n) is 2.77. The van der Waals surface area contributed by atoms with Gasteiger partial charge in [0.25, 0.3) is 5.91 Å². The number of rotatable bonds is 5. The maximum atomic E-state index is 12.3. The van der Waals surface area contributed by atoms with E-state index in [0.29, 0.717) is 16.7 Å². The Balaban J connectivity index is 1.43. The van der Waals surface area contributed by atoms with E-state index in [0.717, 1.165) is 28.4 Å². The number of benzene rings is 2. The fraction of sp³-hybridized carbons (Fsp3) is 0.136. The van der Waals surface area contributed by atoms with Crippen molar-refractivity contribution in [2.45, 2.75) is 13.5 Å². The second-order valence-corrected chi connectivity index (χ2v) is 7.61. The summed E-state index contributed by atoms with van der Waals surface area (Å²) in [6, 6.07) is 15.4. The van der Waals surface area contributed by atoms with Gasteiger partial charge in [0.05, 0.1) is 10.6 Å². The highest BCUT2D eigenvalue weighted by Gasteiger charge is 2.23. The van der Waals surface area contributed by atoms with Gasteiger partial charge in [0, 0.05) is 19.4 Å². The molecule has 1 saturated heterocycles. The van der Waals surface area contributed by atoms with Gasteiger partial charge in [0.2, 0.25) is 0 Å². The molecule has 1 fully saturated rings. The summed E-state index contributed by atoms with van der Waals surface area (Å²) in [4.78, 5) is 21.7. The van der Waals surface area contributed by atoms with Crippen LogP contribution in [0.1, 0.15) is 17.0 Å². The number of aliphatic imine (C=N–C) groups is 1. The molecule has 1 aliphatic heterocycles. The quantitative estimate of drug-likeness (QED) is 0.647. The first-order valence-electron chi connectivity index (χ1n) is 9.13. The van der Waals surface area contributed by atoms with Crippen LogP contribution in [0.2, 0.25) is 0 Å². The first kappa shape index (κ1) is 19.0. The van der Waals surface area contributed by atoms with Crippen LogP contribution in [0.3, 0.4) is 0 Å². The highest BCUT2D eigenvalue weighted by atomic mass is 32.2. The van der Waals surface area contributed by atoms with Crippen LogP contribution < -0.4 is 10.1 Å². The Bertz CT molecular complexity index is 1100. The third-order valence-electron chi connectivity index (χ3n) is 4.46. The molecule has 0 atom stereocenters. The van der Waals surface area contributed by atoms with Crippen LogP contribution in [0.4, 0.5) is 5.69 Å². The third kappa shape index (κ3) is 4.57. The monoisotopic (exact) mass is 404 g/mol. The van der Waals surface area contributed by atoms with Gasteiger partial charge < -0.3 is 14.6 Å². The minimum atomic E-state index is -0.141.